The van der Waals surface area contributed by atoms with Crippen LogP contribution in [-0.4, -0.2) is 21.2 Å². The number of aromatic carboxylic acids is 1. The number of carbonyl (C=O) groups is 1. The molecule has 0 atom stereocenters. The quantitative estimate of drug-likeness (QED) is 0.176. The Morgan fingerprint density at radius 2 is 1.24 bits per heavy atom. The Morgan fingerprint density at radius 3 is 1.93 bits per heavy atom. The maximum Gasteiger partial charge on any atom is 0.354 e. The first-order valence-electron chi connectivity index (χ1n) is 14.3. The third-order valence-electron chi connectivity index (χ3n) is 7.42. The van der Waals surface area contributed by atoms with Crippen molar-refractivity contribution in [1.82, 2.24) is 4.98 Å². The maximum absolute atomic E-state index is 11.4. The van der Waals surface area contributed by atoms with Crippen LogP contribution in [0.3, 0.4) is 0 Å². The Bertz CT molecular complexity index is 2110. The molecule has 4 aromatic carbocycles. The molecule has 218 valence electrons. The molecule has 45 heavy (non-hydrogen) atoms. The molecule has 0 spiro atoms. The van der Waals surface area contributed by atoms with E-state index in [0.717, 1.165) is 47.7 Å². The summed E-state index contributed by atoms with van der Waals surface area (Å²) in [5, 5.41) is 20.4. The summed E-state index contributed by atoms with van der Waals surface area (Å²) in [7, 11) is 0. The number of fused-ring (bicyclic) bond motifs is 1. The number of thiophene rings is 2. The number of hydrogen-bond donors (Lipinski definition) is 2. The third-order valence-corrected chi connectivity index (χ3v) is 9.78. The van der Waals surface area contributed by atoms with Gasteiger partial charge >= 0.3 is 5.97 Å². The zero-order chi connectivity index (χ0) is 30.8. The molecule has 0 saturated heterocycles. The number of para-hydroxylation sites is 2. The van der Waals surface area contributed by atoms with Gasteiger partial charge in [-0.25, -0.2) is 9.78 Å². The third kappa shape index (κ3) is 5.87. The van der Waals surface area contributed by atoms with Gasteiger partial charge in [-0.2, -0.15) is 0 Å². The Kier molecular flexibility index (Phi) is 7.69. The zero-order valence-corrected chi connectivity index (χ0v) is 25.5. The lowest BCUT2D eigenvalue weighted by Gasteiger charge is -2.25. The second-order valence-corrected chi connectivity index (χ2v) is 12.5. The number of carboxylic acids is 1. The topological polar surface area (TPSA) is 73.7 Å². The summed E-state index contributed by atoms with van der Waals surface area (Å²) >= 11 is 3.38. The van der Waals surface area contributed by atoms with E-state index >= 15 is 0 Å². The molecule has 5 nitrogen and oxygen atoms in total. The summed E-state index contributed by atoms with van der Waals surface area (Å²) in [6.07, 6.45) is 4.28. The van der Waals surface area contributed by atoms with Gasteiger partial charge in [-0.3, -0.25) is 0 Å². The predicted octanol–water partition coefficient (Wildman–Crippen LogP) is 10.7. The molecule has 0 fully saturated rings. The standard InChI is InChI=1S/C38H26N2O3S2/c41-33-21-19-30(31-18-20-32(38(42)43)39-37(31)33)34-23-24-36(45-34)35-22-17-29(44-35)16-13-25-11-14-28(15-12-25)40(26-7-3-1-4-8-26)27-9-5-2-6-10-27/h1-24,41H,(H,42,43)/b16-13+. The number of pyridine rings is 1. The van der Waals surface area contributed by atoms with Crippen LogP contribution in [0.4, 0.5) is 17.1 Å². The first-order chi connectivity index (χ1) is 22.0. The average molecular weight is 623 g/mol. The molecular formula is C38H26N2O3S2. The molecule has 7 rings (SSSR count). The highest BCUT2D eigenvalue weighted by molar-refractivity contribution is 7.24. The number of anilines is 3. The van der Waals surface area contributed by atoms with Gasteiger partial charge in [0.2, 0.25) is 0 Å². The van der Waals surface area contributed by atoms with Crippen LogP contribution in [0.15, 0.2) is 133 Å². The van der Waals surface area contributed by atoms with E-state index < -0.39 is 5.97 Å². The average Bonchev–Trinajstić information content (AvgIpc) is 3.76. The molecule has 0 radical (unpaired) electrons. The highest BCUT2D eigenvalue weighted by Gasteiger charge is 2.15. The van der Waals surface area contributed by atoms with Gasteiger partial charge in [0.05, 0.1) is 0 Å². The van der Waals surface area contributed by atoms with Crippen LogP contribution in [0.25, 0.3) is 43.2 Å². The minimum absolute atomic E-state index is 0.0392. The van der Waals surface area contributed by atoms with Crippen molar-refractivity contribution in [3.63, 3.8) is 0 Å². The molecule has 0 aliphatic carbocycles. The monoisotopic (exact) mass is 622 g/mol. The number of hydrogen-bond acceptors (Lipinski definition) is 6. The van der Waals surface area contributed by atoms with E-state index in [1.807, 2.05) is 18.2 Å². The molecule has 0 saturated carbocycles. The highest BCUT2D eigenvalue weighted by atomic mass is 32.1. The fourth-order valence-electron chi connectivity index (χ4n) is 5.24. The van der Waals surface area contributed by atoms with Gasteiger partial charge in [0, 0.05) is 47.5 Å². The van der Waals surface area contributed by atoms with E-state index in [-0.39, 0.29) is 17.0 Å². The summed E-state index contributed by atoms with van der Waals surface area (Å²) < 4.78 is 0. The van der Waals surface area contributed by atoms with Gasteiger partial charge in [-0.05, 0) is 96.6 Å². The van der Waals surface area contributed by atoms with Gasteiger partial charge in [0.15, 0.2) is 0 Å². The van der Waals surface area contributed by atoms with Crippen molar-refractivity contribution in [2.45, 2.75) is 0 Å². The maximum atomic E-state index is 11.4. The van der Waals surface area contributed by atoms with Gasteiger partial charge in [-0.1, -0.05) is 54.6 Å². The molecule has 7 heteroatoms. The summed E-state index contributed by atoms with van der Waals surface area (Å²) in [5.74, 6) is -1.17. The van der Waals surface area contributed by atoms with Crippen LogP contribution < -0.4 is 4.90 Å². The molecule has 0 aliphatic heterocycles. The van der Waals surface area contributed by atoms with Crippen LogP contribution in [0, 0.1) is 0 Å². The van der Waals surface area contributed by atoms with E-state index in [0.29, 0.717) is 5.39 Å². The van der Waals surface area contributed by atoms with Crippen LogP contribution in [-0.2, 0) is 0 Å². The number of benzene rings is 4. The lowest BCUT2D eigenvalue weighted by molar-refractivity contribution is 0.0691. The number of carboxylic acid groups (broad SMARTS) is 1. The van der Waals surface area contributed by atoms with E-state index in [2.05, 4.69) is 119 Å². The number of phenolic OH excluding ortho intramolecular Hbond substituents is 1. The SMILES string of the molecule is O=C(O)c1ccc2c(-c3ccc(-c4ccc(/C=C/c5ccc(N(c6ccccc6)c6ccccc6)cc5)s4)s3)ccc(O)c2n1. The van der Waals surface area contributed by atoms with Crippen molar-refractivity contribution in [2.24, 2.45) is 0 Å². The molecule has 2 N–H and O–H groups in total. The highest BCUT2D eigenvalue weighted by Crippen LogP contribution is 2.41. The van der Waals surface area contributed by atoms with Crippen LogP contribution >= 0.6 is 22.7 Å². The van der Waals surface area contributed by atoms with Gasteiger partial charge in [-0.15, -0.1) is 22.7 Å². The van der Waals surface area contributed by atoms with Crippen molar-refractivity contribution in [1.29, 1.82) is 0 Å². The molecule has 0 amide bonds. The summed E-state index contributed by atoms with van der Waals surface area (Å²) in [5.41, 5.74) is 5.52. The van der Waals surface area contributed by atoms with Gasteiger partial charge in [0.1, 0.15) is 17.0 Å². The number of phenols is 1. The first kappa shape index (κ1) is 28.3. The van der Waals surface area contributed by atoms with Crippen molar-refractivity contribution < 1.29 is 15.0 Å². The van der Waals surface area contributed by atoms with Crippen LogP contribution in [0.5, 0.6) is 5.75 Å². The van der Waals surface area contributed by atoms with Crippen LogP contribution in [0.1, 0.15) is 20.9 Å². The minimum atomic E-state index is -1.13. The van der Waals surface area contributed by atoms with E-state index in [9.17, 15) is 15.0 Å². The largest absolute Gasteiger partial charge is 0.506 e. The predicted molar refractivity (Wildman–Crippen MR) is 187 cm³/mol. The van der Waals surface area contributed by atoms with E-state index in [4.69, 9.17) is 0 Å². The Balaban J connectivity index is 1.10. The van der Waals surface area contributed by atoms with Crippen molar-refractivity contribution in [2.75, 3.05) is 4.90 Å². The number of aromatic nitrogens is 1. The van der Waals surface area contributed by atoms with E-state index in [1.165, 1.54) is 6.07 Å². The number of aromatic hydroxyl groups is 1. The number of nitrogens with zero attached hydrogens (tertiary/aromatic N) is 2. The molecule has 3 heterocycles. The molecule has 3 aromatic heterocycles. The zero-order valence-electron chi connectivity index (χ0n) is 23.9. The molecule has 0 aliphatic rings. The smallest absolute Gasteiger partial charge is 0.354 e. The van der Waals surface area contributed by atoms with Crippen molar-refractivity contribution >= 4 is 68.8 Å². The fourth-order valence-corrected chi connectivity index (χ4v) is 7.29. The molecule has 0 unspecified atom stereocenters. The van der Waals surface area contributed by atoms with Gasteiger partial charge in [0.25, 0.3) is 0 Å². The summed E-state index contributed by atoms with van der Waals surface area (Å²) in [4.78, 5) is 22.3. The lowest BCUT2D eigenvalue weighted by atomic mass is 10.1. The second-order valence-electron chi connectivity index (χ2n) is 10.3. The molecule has 0 bridgehead atoms. The van der Waals surface area contributed by atoms with Crippen molar-refractivity contribution in [3.05, 3.63) is 150 Å². The normalized spacial score (nSPS) is 11.3. The van der Waals surface area contributed by atoms with Crippen LogP contribution in [0.2, 0.25) is 0 Å². The van der Waals surface area contributed by atoms with Gasteiger partial charge < -0.3 is 15.1 Å². The Hall–Kier alpha value is -5.50. The summed E-state index contributed by atoms with van der Waals surface area (Å²) in [6.45, 7) is 0. The molecular weight excluding hydrogens is 597 g/mol. The Labute approximate surface area is 268 Å². The Morgan fingerprint density at radius 1 is 0.622 bits per heavy atom. The van der Waals surface area contributed by atoms with Crippen molar-refractivity contribution in [3.8, 4) is 25.9 Å². The lowest BCUT2D eigenvalue weighted by Crippen LogP contribution is -2.09. The number of rotatable bonds is 8. The minimum Gasteiger partial charge on any atom is -0.506 e. The van der Waals surface area contributed by atoms with E-state index in [1.54, 1.807) is 34.8 Å². The fraction of sp³-hybridized carbons (Fsp3) is 0. The summed E-state index contributed by atoms with van der Waals surface area (Å²) in [6, 6.07) is 44.3. The first-order valence-corrected chi connectivity index (χ1v) is 15.9. The second kappa shape index (κ2) is 12.2. The molecule has 7 aromatic rings.